The number of methoxy groups -OCH3 is 1. The number of nitrogens with two attached hydrogens (primary N) is 1. The maximum Gasteiger partial charge on any atom is 0.310 e. The Kier molecular flexibility index (Phi) is 4.75. The molecule has 1 atom stereocenters. The van der Waals surface area contributed by atoms with Gasteiger partial charge in [0.25, 0.3) is 11.8 Å². The van der Waals surface area contributed by atoms with Crippen molar-refractivity contribution in [2.45, 2.75) is 13.3 Å². The first kappa shape index (κ1) is 17.7. The SMILES string of the molecule is CCC(CN1C(=O)c2ccc(-c3ccc(N)cc3)cc2C1=O)C(=O)OC. The number of nitrogens with zero attached hydrogens (tertiary/aromatic N) is 1. The highest BCUT2D eigenvalue weighted by Crippen LogP contribution is 2.29. The molecule has 0 bridgehead atoms. The zero-order chi connectivity index (χ0) is 18.8. The number of hydrogen-bond donors (Lipinski definition) is 1. The van der Waals surface area contributed by atoms with Gasteiger partial charge in [0, 0.05) is 12.2 Å². The number of nitrogen functional groups attached to an aromatic ring is 1. The number of benzene rings is 2. The molecule has 1 aliphatic heterocycles. The van der Waals surface area contributed by atoms with Gasteiger partial charge in [0.2, 0.25) is 0 Å². The van der Waals surface area contributed by atoms with E-state index >= 15 is 0 Å². The summed E-state index contributed by atoms with van der Waals surface area (Å²) >= 11 is 0. The first-order chi connectivity index (χ1) is 12.5. The van der Waals surface area contributed by atoms with Crippen molar-refractivity contribution in [2.75, 3.05) is 19.4 Å². The second kappa shape index (κ2) is 7.00. The van der Waals surface area contributed by atoms with Crippen molar-refractivity contribution in [3.05, 3.63) is 53.6 Å². The van der Waals surface area contributed by atoms with Gasteiger partial charge in [0.1, 0.15) is 0 Å². The number of ether oxygens (including phenoxy) is 1. The van der Waals surface area contributed by atoms with Crippen LogP contribution in [-0.4, -0.2) is 36.3 Å². The van der Waals surface area contributed by atoms with E-state index in [1.807, 2.05) is 19.1 Å². The normalized spacial score (nSPS) is 14.3. The van der Waals surface area contributed by atoms with E-state index < -0.39 is 11.9 Å². The second-order valence-electron chi connectivity index (χ2n) is 6.23. The van der Waals surface area contributed by atoms with E-state index in [4.69, 9.17) is 10.5 Å². The molecule has 2 N–H and O–H groups in total. The fraction of sp³-hybridized carbons (Fsp3) is 0.250. The van der Waals surface area contributed by atoms with Gasteiger partial charge in [0.15, 0.2) is 0 Å². The lowest BCUT2D eigenvalue weighted by molar-refractivity contribution is -0.145. The number of hydrogen-bond acceptors (Lipinski definition) is 5. The van der Waals surface area contributed by atoms with E-state index in [-0.39, 0.29) is 18.4 Å². The molecule has 1 heterocycles. The van der Waals surface area contributed by atoms with Gasteiger partial charge in [-0.15, -0.1) is 0 Å². The third-order valence-corrected chi connectivity index (χ3v) is 4.64. The van der Waals surface area contributed by atoms with Gasteiger partial charge in [-0.1, -0.05) is 25.1 Å². The van der Waals surface area contributed by atoms with Crippen LogP contribution in [0.1, 0.15) is 34.1 Å². The van der Waals surface area contributed by atoms with E-state index in [1.54, 1.807) is 30.3 Å². The third-order valence-electron chi connectivity index (χ3n) is 4.64. The maximum absolute atomic E-state index is 12.7. The van der Waals surface area contributed by atoms with E-state index in [9.17, 15) is 14.4 Å². The highest BCUT2D eigenvalue weighted by atomic mass is 16.5. The fourth-order valence-corrected chi connectivity index (χ4v) is 3.07. The zero-order valence-corrected chi connectivity index (χ0v) is 14.7. The van der Waals surface area contributed by atoms with Crippen LogP contribution in [0.4, 0.5) is 5.69 Å². The third kappa shape index (κ3) is 3.06. The molecular formula is C20H20N2O4. The molecule has 6 nitrogen and oxygen atoms in total. The largest absolute Gasteiger partial charge is 0.469 e. The molecule has 0 radical (unpaired) electrons. The summed E-state index contributed by atoms with van der Waals surface area (Å²) in [7, 11) is 1.30. The average Bonchev–Trinajstić information content (AvgIpc) is 2.90. The van der Waals surface area contributed by atoms with Crippen LogP contribution in [-0.2, 0) is 9.53 Å². The summed E-state index contributed by atoms with van der Waals surface area (Å²) in [5, 5.41) is 0. The summed E-state index contributed by atoms with van der Waals surface area (Å²) in [5.74, 6) is -1.72. The predicted octanol–water partition coefficient (Wildman–Crippen LogP) is 2.73. The molecule has 0 aromatic heterocycles. The van der Waals surface area contributed by atoms with Crippen molar-refractivity contribution in [2.24, 2.45) is 5.92 Å². The molecule has 1 aliphatic rings. The van der Waals surface area contributed by atoms with Crippen LogP contribution in [0.5, 0.6) is 0 Å². The van der Waals surface area contributed by atoms with Gasteiger partial charge in [-0.2, -0.15) is 0 Å². The number of carbonyl (C=O) groups excluding carboxylic acids is 3. The van der Waals surface area contributed by atoms with Crippen molar-refractivity contribution in [1.29, 1.82) is 0 Å². The summed E-state index contributed by atoms with van der Waals surface area (Å²) in [5.41, 5.74) is 8.80. The Morgan fingerprint density at radius 2 is 1.65 bits per heavy atom. The van der Waals surface area contributed by atoms with Gasteiger partial charge in [-0.25, -0.2) is 0 Å². The van der Waals surface area contributed by atoms with E-state index in [2.05, 4.69) is 0 Å². The Bertz CT molecular complexity index is 874. The summed E-state index contributed by atoms with van der Waals surface area (Å²) in [6.45, 7) is 1.84. The van der Waals surface area contributed by atoms with Gasteiger partial charge in [-0.05, 0) is 41.8 Å². The van der Waals surface area contributed by atoms with Crippen LogP contribution in [0.25, 0.3) is 11.1 Å². The molecule has 26 heavy (non-hydrogen) atoms. The standard InChI is InChI=1S/C20H20N2O4/c1-3-12(20(25)26-2)11-22-18(23)16-9-6-14(10-17(16)19(22)24)13-4-7-15(21)8-5-13/h4-10,12H,3,11,21H2,1-2H3. The van der Waals surface area contributed by atoms with Crippen LogP contribution in [0, 0.1) is 5.92 Å². The molecule has 2 aromatic carbocycles. The number of imide groups is 1. The van der Waals surface area contributed by atoms with Crippen LogP contribution in [0.15, 0.2) is 42.5 Å². The molecule has 1 unspecified atom stereocenters. The van der Waals surface area contributed by atoms with E-state index in [0.29, 0.717) is 23.2 Å². The van der Waals surface area contributed by atoms with Gasteiger partial charge < -0.3 is 10.5 Å². The van der Waals surface area contributed by atoms with Crippen molar-refractivity contribution in [3.63, 3.8) is 0 Å². The average molecular weight is 352 g/mol. The van der Waals surface area contributed by atoms with Crippen molar-refractivity contribution in [1.82, 2.24) is 4.90 Å². The van der Waals surface area contributed by atoms with Crippen LogP contribution in [0.2, 0.25) is 0 Å². The fourth-order valence-electron chi connectivity index (χ4n) is 3.07. The zero-order valence-electron chi connectivity index (χ0n) is 14.7. The Balaban J connectivity index is 1.90. The quantitative estimate of drug-likeness (QED) is 0.508. The van der Waals surface area contributed by atoms with Gasteiger partial charge in [0.05, 0.1) is 24.2 Å². The van der Waals surface area contributed by atoms with Crippen molar-refractivity contribution < 1.29 is 19.1 Å². The Labute approximate surface area is 151 Å². The molecular weight excluding hydrogens is 332 g/mol. The molecule has 3 rings (SSSR count). The summed E-state index contributed by atoms with van der Waals surface area (Å²) in [4.78, 5) is 38.3. The minimum absolute atomic E-state index is 0.0206. The van der Waals surface area contributed by atoms with Crippen LogP contribution < -0.4 is 5.73 Å². The molecule has 0 saturated carbocycles. The molecule has 6 heteroatoms. The molecule has 134 valence electrons. The lowest BCUT2D eigenvalue weighted by Crippen LogP contribution is -2.37. The summed E-state index contributed by atoms with van der Waals surface area (Å²) in [6.07, 6.45) is 0.483. The number of rotatable bonds is 5. The molecule has 0 fully saturated rings. The number of carbonyl (C=O) groups is 3. The van der Waals surface area contributed by atoms with Crippen molar-refractivity contribution in [3.8, 4) is 11.1 Å². The highest BCUT2D eigenvalue weighted by Gasteiger charge is 2.38. The first-order valence-electron chi connectivity index (χ1n) is 8.40. The van der Waals surface area contributed by atoms with Crippen LogP contribution >= 0.6 is 0 Å². The number of amides is 2. The lowest BCUT2D eigenvalue weighted by atomic mass is 10.00. The smallest absolute Gasteiger partial charge is 0.310 e. The monoisotopic (exact) mass is 352 g/mol. The maximum atomic E-state index is 12.7. The molecule has 0 saturated heterocycles. The van der Waals surface area contributed by atoms with E-state index in [1.165, 1.54) is 7.11 Å². The van der Waals surface area contributed by atoms with Gasteiger partial charge in [-0.3, -0.25) is 19.3 Å². The Hall–Kier alpha value is -3.15. The number of esters is 1. The van der Waals surface area contributed by atoms with Crippen LogP contribution in [0.3, 0.4) is 0 Å². The Morgan fingerprint density at radius 3 is 2.27 bits per heavy atom. The summed E-state index contributed by atoms with van der Waals surface area (Å²) in [6, 6.07) is 12.5. The molecule has 0 spiro atoms. The minimum Gasteiger partial charge on any atom is -0.469 e. The van der Waals surface area contributed by atoms with Crippen molar-refractivity contribution >= 4 is 23.5 Å². The summed E-state index contributed by atoms with van der Waals surface area (Å²) < 4.78 is 4.75. The van der Waals surface area contributed by atoms with Gasteiger partial charge >= 0.3 is 5.97 Å². The molecule has 2 amide bonds. The second-order valence-corrected chi connectivity index (χ2v) is 6.23. The molecule has 2 aromatic rings. The van der Waals surface area contributed by atoms with E-state index in [0.717, 1.165) is 16.0 Å². The topological polar surface area (TPSA) is 89.7 Å². The number of fused-ring (bicyclic) bond motifs is 1. The Morgan fingerprint density at radius 1 is 1.04 bits per heavy atom. The highest BCUT2D eigenvalue weighted by molar-refractivity contribution is 6.21. The first-order valence-corrected chi connectivity index (χ1v) is 8.40. The molecule has 0 aliphatic carbocycles. The minimum atomic E-state index is -0.529. The predicted molar refractivity (Wildman–Crippen MR) is 97.5 cm³/mol. The lowest BCUT2D eigenvalue weighted by Gasteiger charge is -2.19. The number of anilines is 1.